The Labute approximate surface area is 137 Å². The van der Waals surface area contributed by atoms with Crippen molar-refractivity contribution in [1.82, 2.24) is 5.32 Å². The molecule has 0 saturated carbocycles. The molecule has 1 aromatic carbocycles. The molecule has 0 saturated heterocycles. The first-order valence-electron chi connectivity index (χ1n) is 6.57. The van der Waals surface area contributed by atoms with Gasteiger partial charge in [-0.1, -0.05) is 23.2 Å². The molecule has 0 aliphatic rings. The molecule has 1 aromatic heterocycles. The Kier molecular flexibility index (Phi) is 5.71. The molecule has 118 valence electrons. The van der Waals surface area contributed by atoms with Crippen LogP contribution in [0.3, 0.4) is 0 Å². The number of aliphatic hydroxyl groups is 1. The maximum atomic E-state index is 12.1. The quantitative estimate of drug-likeness (QED) is 0.844. The number of amides is 1. The van der Waals surface area contributed by atoms with E-state index in [0.717, 1.165) is 0 Å². The number of aliphatic hydroxyl groups excluding tert-OH is 1. The molecule has 2 aromatic rings. The Morgan fingerprint density at radius 3 is 2.59 bits per heavy atom. The van der Waals surface area contributed by atoms with Gasteiger partial charge in [0.1, 0.15) is 17.6 Å². The van der Waals surface area contributed by atoms with E-state index in [1.165, 1.54) is 6.26 Å². The number of benzene rings is 1. The highest BCUT2D eigenvalue weighted by Gasteiger charge is 2.21. The minimum atomic E-state index is -0.793. The second-order valence-electron chi connectivity index (χ2n) is 4.62. The molecule has 0 spiro atoms. The van der Waals surface area contributed by atoms with E-state index in [4.69, 9.17) is 32.4 Å². The summed E-state index contributed by atoms with van der Waals surface area (Å²) in [7, 11) is 0. The Bertz CT molecular complexity index is 610. The van der Waals surface area contributed by atoms with E-state index in [0.29, 0.717) is 21.6 Å². The van der Waals surface area contributed by atoms with Gasteiger partial charge in [-0.05, 0) is 37.3 Å². The van der Waals surface area contributed by atoms with Crippen LogP contribution in [0.25, 0.3) is 0 Å². The molecule has 0 aliphatic heterocycles. The number of rotatable bonds is 6. The Morgan fingerprint density at radius 2 is 2.05 bits per heavy atom. The van der Waals surface area contributed by atoms with Gasteiger partial charge in [-0.2, -0.15) is 0 Å². The van der Waals surface area contributed by atoms with Crippen LogP contribution < -0.4 is 10.1 Å². The lowest BCUT2D eigenvalue weighted by atomic mass is 10.2. The number of nitrogens with one attached hydrogen (secondary N) is 1. The van der Waals surface area contributed by atoms with Gasteiger partial charge in [-0.25, -0.2) is 0 Å². The largest absolute Gasteiger partial charge is 0.481 e. The normalized spacial score (nSPS) is 13.5. The fourth-order valence-corrected chi connectivity index (χ4v) is 2.35. The summed E-state index contributed by atoms with van der Waals surface area (Å²) in [4.78, 5) is 12.1. The van der Waals surface area contributed by atoms with E-state index in [1.54, 1.807) is 37.3 Å². The SMILES string of the molecule is CC(Oc1cc(Cl)cc(Cl)c1)C(=O)NC(CO)c1ccco1. The third-order valence-corrected chi connectivity index (χ3v) is 3.34. The second kappa shape index (κ2) is 7.54. The Hall–Kier alpha value is -1.69. The summed E-state index contributed by atoms with van der Waals surface area (Å²) in [6, 6.07) is 7.41. The number of hydrogen-bond acceptors (Lipinski definition) is 4. The zero-order chi connectivity index (χ0) is 16.1. The number of halogens is 2. The molecule has 2 atom stereocenters. The molecule has 0 bridgehead atoms. The summed E-state index contributed by atoms with van der Waals surface area (Å²) in [5, 5.41) is 12.8. The van der Waals surface area contributed by atoms with E-state index in [1.807, 2.05) is 0 Å². The number of carbonyl (C=O) groups is 1. The van der Waals surface area contributed by atoms with Crippen molar-refractivity contribution >= 4 is 29.1 Å². The molecule has 2 rings (SSSR count). The predicted molar refractivity (Wildman–Crippen MR) is 83.2 cm³/mol. The monoisotopic (exact) mass is 343 g/mol. The Morgan fingerprint density at radius 1 is 1.36 bits per heavy atom. The lowest BCUT2D eigenvalue weighted by molar-refractivity contribution is -0.128. The summed E-state index contributed by atoms with van der Waals surface area (Å²) in [5.41, 5.74) is 0. The van der Waals surface area contributed by atoms with Crippen molar-refractivity contribution < 1.29 is 19.1 Å². The topological polar surface area (TPSA) is 71.7 Å². The highest BCUT2D eigenvalue weighted by Crippen LogP contribution is 2.25. The molecule has 2 N–H and O–H groups in total. The maximum absolute atomic E-state index is 12.1. The number of hydrogen-bond donors (Lipinski definition) is 2. The van der Waals surface area contributed by atoms with Crippen LogP contribution >= 0.6 is 23.2 Å². The van der Waals surface area contributed by atoms with Crippen molar-refractivity contribution in [3.8, 4) is 5.75 Å². The highest BCUT2D eigenvalue weighted by atomic mass is 35.5. The van der Waals surface area contributed by atoms with Gasteiger partial charge in [-0.15, -0.1) is 0 Å². The molecule has 1 heterocycles. The summed E-state index contributed by atoms with van der Waals surface area (Å²) >= 11 is 11.8. The summed E-state index contributed by atoms with van der Waals surface area (Å²) in [6.45, 7) is 1.30. The van der Waals surface area contributed by atoms with Gasteiger partial charge in [0.05, 0.1) is 12.9 Å². The van der Waals surface area contributed by atoms with Crippen LogP contribution in [0.15, 0.2) is 41.0 Å². The molecule has 7 heteroatoms. The van der Waals surface area contributed by atoms with E-state index in [-0.39, 0.29) is 6.61 Å². The van der Waals surface area contributed by atoms with Crippen molar-refractivity contribution in [3.05, 3.63) is 52.4 Å². The fourth-order valence-electron chi connectivity index (χ4n) is 1.84. The third kappa shape index (κ3) is 4.40. The van der Waals surface area contributed by atoms with Crippen molar-refractivity contribution in [3.63, 3.8) is 0 Å². The number of furan rings is 1. The predicted octanol–water partition coefficient (Wildman–Crippen LogP) is 3.20. The summed E-state index contributed by atoms with van der Waals surface area (Å²) in [5.74, 6) is 0.457. The third-order valence-electron chi connectivity index (χ3n) is 2.90. The molecule has 0 radical (unpaired) electrons. The molecule has 2 unspecified atom stereocenters. The number of ether oxygens (including phenoxy) is 1. The standard InChI is InChI=1S/C15H15Cl2NO4/c1-9(22-12-6-10(16)5-11(17)7-12)15(20)18-13(8-19)14-3-2-4-21-14/h2-7,9,13,19H,8H2,1H3,(H,18,20). The molecule has 0 fully saturated rings. The van der Waals surface area contributed by atoms with E-state index >= 15 is 0 Å². The lowest BCUT2D eigenvalue weighted by Crippen LogP contribution is -2.39. The van der Waals surface area contributed by atoms with Crippen molar-refractivity contribution in [2.75, 3.05) is 6.61 Å². The van der Waals surface area contributed by atoms with Gasteiger partial charge in [0.25, 0.3) is 5.91 Å². The van der Waals surface area contributed by atoms with E-state index < -0.39 is 18.1 Å². The maximum Gasteiger partial charge on any atom is 0.261 e. The summed E-state index contributed by atoms with van der Waals surface area (Å²) < 4.78 is 10.7. The molecule has 5 nitrogen and oxygen atoms in total. The van der Waals surface area contributed by atoms with E-state index in [9.17, 15) is 9.90 Å². The zero-order valence-electron chi connectivity index (χ0n) is 11.8. The molecule has 0 aliphatic carbocycles. The van der Waals surface area contributed by atoms with Crippen molar-refractivity contribution in [1.29, 1.82) is 0 Å². The number of carbonyl (C=O) groups excluding carboxylic acids is 1. The van der Waals surface area contributed by atoms with E-state index in [2.05, 4.69) is 5.32 Å². The average Bonchev–Trinajstić information content (AvgIpc) is 2.97. The van der Waals surface area contributed by atoms with Gasteiger partial charge < -0.3 is 19.6 Å². The van der Waals surface area contributed by atoms with Crippen molar-refractivity contribution in [2.24, 2.45) is 0 Å². The van der Waals surface area contributed by atoms with Gasteiger partial charge in [-0.3, -0.25) is 4.79 Å². The van der Waals surface area contributed by atoms with Crippen LogP contribution in [0.4, 0.5) is 0 Å². The molecule has 1 amide bonds. The fraction of sp³-hybridized carbons (Fsp3) is 0.267. The van der Waals surface area contributed by atoms with Gasteiger partial charge in [0.15, 0.2) is 6.10 Å². The second-order valence-corrected chi connectivity index (χ2v) is 5.50. The van der Waals surface area contributed by atoms with Crippen LogP contribution in [-0.4, -0.2) is 23.7 Å². The van der Waals surface area contributed by atoms with Crippen LogP contribution in [0, 0.1) is 0 Å². The average molecular weight is 344 g/mol. The highest BCUT2D eigenvalue weighted by molar-refractivity contribution is 6.34. The van der Waals surface area contributed by atoms with Gasteiger partial charge >= 0.3 is 0 Å². The van der Waals surface area contributed by atoms with Crippen LogP contribution in [-0.2, 0) is 4.79 Å². The van der Waals surface area contributed by atoms with Crippen molar-refractivity contribution in [2.45, 2.75) is 19.1 Å². The molecular weight excluding hydrogens is 329 g/mol. The minimum Gasteiger partial charge on any atom is -0.481 e. The van der Waals surface area contributed by atoms with Crippen LogP contribution in [0.2, 0.25) is 10.0 Å². The Balaban J connectivity index is 1.99. The first-order valence-corrected chi connectivity index (χ1v) is 7.32. The lowest BCUT2D eigenvalue weighted by Gasteiger charge is -2.19. The molecule has 22 heavy (non-hydrogen) atoms. The smallest absolute Gasteiger partial charge is 0.261 e. The van der Waals surface area contributed by atoms with Crippen LogP contribution in [0.5, 0.6) is 5.75 Å². The van der Waals surface area contributed by atoms with Gasteiger partial charge in [0, 0.05) is 10.0 Å². The first-order chi connectivity index (χ1) is 10.5. The van der Waals surface area contributed by atoms with Gasteiger partial charge in [0.2, 0.25) is 0 Å². The summed E-state index contributed by atoms with van der Waals surface area (Å²) in [6.07, 6.45) is 0.677. The van der Waals surface area contributed by atoms with Crippen LogP contribution in [0.1, 0.15) is 18.7 Å². The minimum absolute atomic E-state index is 0.283. The molecular formula is C15H15Cl2NO4. The first kappa shape index (κ1) is 16.7. The zero-order valence-corrected chi connectivity index (χ0v) is 13.3.